The lowest BCUT2D eigenvalue weighted by molar-refractivity contribution is -0.117. The minimum atomic E-state index is -0.223. The van der Waals surface area contributed by atoms with Gasteiger partial charge in [-0.1, -0.05) is 36.4 Å². The number of amides is 1. The van der Waals surface area contributed by atoms with Crippen molar-refractivity contribution >= 4 is 11.9 Å². The molecule has 1 atom stereocenters. The van der Waals surface area contributed by atoms with E-state index < -0.39 is 0 Å². The molecule has 138 valence electrons. The third-order valence-corrected chi connectivity index (χ3v) is 4.39. The van der Waals surface area contributed by atoms with Crippen molar-refractivity contribution in [3.05, 3.63) is 66.0 Å². The first-order chi connectivity index (χ1) is 13.2. The molecule has 1 aliphatic heterocycles. The lowest BCUT2D eigenvalue weighted by atomic mass is 10.0. The minimum Gasteiger partial charge on any atom is -0.490 e. The number of carbonyl (C=O) groups is 1. The normalized spacial score (nSPS) is 15.7. The summed E-state index contributed by atoms with van der Waals surface area (Å²) in [6.45, 7) is 2.90. The fourth-order valence-electron chi connectivity index (χ4n) is 3.12. The number of aromatic nitrogens is 3. The smallest absolute Gasteiger partial charge is 0.229 e. The van der Waals surface area contributed by atoms with E-state index in [1.807, 2.05) is 55.5 Å². The molecule has 1 aliphatic rings. The van der Waals surface area contributed by atoms with Gasteiger partial charge < -0.3 is 9.47 Å². The van der Waals surface area contributed by atoms with E-state index >= 15 is 0 Å². The number of anilines is 1. The average molecular weight is 364 g/mol. The molecule has 0 unspecified atom stereocenters. The van der Waals surface area contributed by atoms with Crippen LogP contribution in [-0.4, -0.2) is 27.3 Å². The van der Waals surface area contributed by atoms with Gasteiger partial charge >= 0.3 is 0 Å². The summed E-state index contributed by atoms with van der Waals surface area (Å²) in [7, 11) is 0. The lowest BCUT2D eigenvalue weighted by Gasteiger charge is -2.24. The van der Waals surface area contributed by atoms with Crippen LogP contribution in [0.25, 0.3) is 0 Å². The predicted molar refractivity (Wildman–Crippen MR) is 99.8 cm³/mol. The maximum absolute atomic E-state index is 12.0. The van der Waals surface area contributed by atoms with Crippen LogP contribution in [0.4, 0.5) is 5.95 Å². The molecule has 0 radical (unpaired) electrons. The second kappa shape index (κ2) is 7.49. The number of nitrogens with zero attached hydrogens (tertiary/aromatic N) is 3. The molecule has 1 aromatic heterocycles. The molecule has 0 spiro atoms. The number of benzene rings is 2. The summed E-state index contributed by atoms with van der Waals surface area (Å²) >= 11 is 0. The molecule has 1 N–H and O–H groups in total. The minimum absolute atomic E-state index is 0.0807. The van der Waals surface area contributed by atoms with E-state index in [1.54, 1.807) is 4.68 Å². The molecule has 7 heteroatoms. The summed E-state index contributed by atoms with van der Waals surface area (Å²) in [4.78, 5) is 16.1. The third-order valence-electron chi connectivity index (χ3n) is 4.39. The first kappa shape index (κ1) is 17.1. The highest BCUT2D eigenvalue weighted by Gasteiger charge is 2.28. The van der Waals surface area contributed by atoms with Crippen molar-refractivity contribution in [2.75, 3.05) is 11.9 Å². The Labute approximate surface area is 156 Å². The zero-order chi connectivity index (χ0) is 18.6. The number of rotatable bonds is 6. The second-order valence-corrected chi connectivity index (χ2v) is 6.21. The van der Waals surface area contributed by atoms with Crippen molar-refractivity contribution < 1.29 is 14.3 Å². The molecule has 27 heavy (non-hydrogen) atoms. The molecule has 0 saturated heterocycles. The van der Waals surface area contributed by atoms with Crippen molar-refractivity contribution in [1.82, 2.24) is 14.8 Å². The molecular formula is C20H20N4O3. The van der Waals surface area contributed by atoms with Crippen LogP contribution in [0.5, 0.6) is 11.5 Å². The fourth-order valence-corrected chi connectivity index (χ4v) is 3.12. The summed E-state index contributed by atoms with van der Waals surface area (Å²) in [5, 5.41) is 6.97. The molecule has 4 rings (SSSR count). The van der Waals surface area contributed by atoms with Crippen LogP contribution in [0.3, 0.4) is 0 Å². The van der Waals surface area contributed by atoms with Crippen LogP contribution < -0.4 is 14.8 Å². The van der Waals surface area contributed by atoms with E-state index in [1.165, 1.54) is 6.33 Å². The van der Waals surface area contributed by atoms with Crippen LogP contribution in [0, 0.1) is 0 Å². The van der Waals surface area contributed by atoms with E-state index in [4.69, 9.17) is 9.47 Å². The first-order valence-electron chi connectivity index (χ1n) is 8.87. The van der Waals surface area contributed by atoms with Crippen LogP contribution in [0.15, 0.2) is 54.9 Å². The SMILES string of the molecule is CCOc1cc([C@@H]2CC(=O)Nc3ncnn32)ccc1OCc1ccccc1. The Morgan fingerprint density at radius 3 is 2.81 bits per heavy atom. The van der Waals surface area contributed by atoms with Gasteiger partial charge in [0.1, 0.15) is 12.9 Å². The van der Waals surface area contributed by atoms with Crippen molar-refractivity contribution in [2.45, 2.75) is 26.0 Å². The van der Waals surface area contributed by atoms with E-state index in [9.17, 15) is 4.79 Å². The summed E-state index contributed by atoms with van der Waals surface area (Å²) in [6.07, 6.45) is 1.74. The molecule has 7 nitrogen and oxygen atoms in total. The van der Waals surface area contributed by atoms with Crippen LogP contribution in [0.1, 0.15) is 30.5 Å². The van der Waals surface area contributed by atoms with Gasteiger partial charge in [0.05, 0.1) is 19.1 Å². The van der Waals surface area contributed by atoms with Gasteiger partial charge in [0, 0.05) is 0 Å². The Morgan fingerprint density at radius 2 is 2.00 bits per heavy atom. The lowest BCUT2D eigenvalue weighted by Crippen LogP contribution is -2.29. The molecule has 0 saturated carbocycles. The van der Waals surface area contributed by atoms with Gasteiger partial charge in [0.15, 0.2) is 11.5 Å². The van der Waals surface area contributed by atoms with Crippen LogP contribution >= 0.6 is 0 Å². The van der Waals surface area contributed by atoms with Gasteiger partial charge in [0.25, 0.3) is 0 Å². The Morgan fingerprint density at radius 1 is 1.15 bits per heavy atom. The fraction of sp³-hybridized carbons (Fsp3) is 0.250. The predicted octanol–water partition coefficient (Wildman–Crippen LogP) is 3.19. The Bertz CT molecular complexity index is 939. The maximum atomic E-state index is 12.0. The van der Waals surface area contributed by atoms with Gasteiger partial charge in [-0.05, 0) is 30.2 Å². The Kier molecular flexibility index (Phi) is 4.74. The largest absolute Gasteiger partial charge is 0.490 e. The number of hydrogen-bond donors (Lipinski definition) is 1. The first-order valence-corrected chi connectivity index (χ1v) is 8.87. The van der Waals surface area contributed by atoms with E-state index in [0.29, 0.717) is 37.1 Å². The van der Waals surface area contributed by atoms with Crippen LogP contribution in [-0.2, 0) is 11.4 Å². The van der Waals surface area contributed by atoms with Crippen molar-refractivity contribution in [3.63, 3.8) is 0 Å². The summed E-state index contributed by atoms with van der Waals surface area (Å²) < 4.78 is 13.5. The molecule has 2 heterocycles. The molecule has 0 bridgehead atoms. The topological polar surface area (TPSA) is 78.3 Å². The molecule has 0 fully saturated rings. The Hall–Kier alpha value is -3.35. The monoisotopic (exact) mass is 364 g/mol. The van der Waals surface area contributed by atoms with E-state index in [0.717, 1.165) is 11.1 Å². The summed E-state index contributed by atoms with van der Waals surface area (Å²) in [5.41, 5.74) is 2.01. The molecule has 2 aromatic carbocycles. The molecular weight excluding hydrogens is 344 g/mol. The van der Waals surface area contributed by atoms with Crippen molar-refractivity contribution in [2.24, 2.45) is 0 Å². The number of ether oxygens (including phenoxy) is 2. The quantitative estimate of drug-likeness (QED) is 0.727. The number of hydrogen-bond acceptors (Lipinski definition) is 5. The number of carbonyl (C=O) groups excluding carboxylic acids is 1. The van der Waals surface area contributed by atoms with Gasteiger partial charge in [-0.15, -0.1) is 0 Å². The highest BCUT2D eigenvalue weighted by molar-refractivity contribution is 5.91. The average Bonchev–Trinajstić information content (AvgIpc) is 3.15. The van der Waals surface area contributed by atoms with Crippen LogP contribution in [0.2, 0.25) is 0 Å². The van der Waals surface area contributed by atoms with Gasteiger partial charge in [-0.25, -0.2) is 4.68 Å². The van der Waals surface area contributed by atoms with Gasteiger partial charge in [0.2, 0.25) is 11.9 Å². The number of fused-ring (bicyclic) bond motifs is 1. The molecule has 1 amide bonds. The van der Waals surface area contributed by atoms with Crippen molar-refractivity contribution in [1.29, 1.82) is 0 Å². The zero-order valence-electron chi connectivity index (χ0n) is 15.0. The molecule has 3 aromatic rings. The standard InChI is InChI=1S/C20H20N4O3/c1-2-26-18-10-15(16-11-19(25)23-20-21-13-22-24(16)20)8-9-17(18)27-12-14-6-4-3-5-7-14/h3-10,13,16H,2,11-12H2,1H3,(H,21,22,23,25)/t16-/m0/s1. The zero-order valence-corrected chi connectivity index (χ0v) is 15.0. The molecule has 0 aliphatic carbocycles. The highest BCUT2D eigenvalue weighted by atomic mass is 16.5. The summed E-state index contributed by atoms with van der Waals surface area (Å²) in [6, 6.07) is 15.5. The van der Waals surface area contributed by atoms with Crippen molar-refractivity contribution in [3.8, 4) is 11.5 Å². The van der Waals surface area contributed by atoms with Gasteiger partial charge in [-0.2, -0.15) is 10.1 Å². The second-order valence-electron chi connectivity index (χ2n) is 6.21. The highest BCUT2D eigenvalue weighted by Crippen LogP contribution is 2.35. The number of nitrogens with one attached hydrogen (secondary N) is 1. The van der Waals surface area contributed by atoms with E-state index in [2.05, 4.69) is 15.4 Å². The Balaban J connectivity index is 1.60. The maximum Gasteiger partial charge on any atom is 0.229 e. The van der Waals surface area contributed by atoms with E-state index in [-0.39, 0.29) is 11.9 Å². The third kappa shape index (κ3) is 3.62. The van der Waals surface area contributed by atoms with Gasteiger partial charge in [-0.3, -0.25) is 10.1 Å². The summed E-state index contributed by atoms with van der Waals surface area (Å²) in [5.74, 6) is 1.70.